The Balaban J connectivity index is 1.59. The summed E-state index contributed by atoms with van der Waals surface area (Å²) in [5.41, 5.74) is 2.43. The number of hydrogen-bond acceptors (Lipinski definition) is 8. The monoisotopic (exact) mass is 776 g/mol. The molecule has 5 rings (SSSR count). The summed E-state index contributed by atoms with van der Waals surface area (Å²) in [5.74, 6) is -0.339. The van der Waals surface area contributed by atoms with Gasteiger partial charge >= 0.3 is 5.97 Å². The highest BCUT2D eigenvalue weighted by Crippen LogP contribution is 2.46. The Morgan fingerprint density at radius 3 is 2.38 bits per heavy atom. The second-order valence-electron chi connectivity index (χ2n) is 15.5. The van der Waals surface area contributed by atoms with E-state index in [1.807, 2.05) is 54.6 Å². The van der Waals surface area contributed by atoms with E-state index in [9.17, 15) is 14.7 Å². The number of aromatic nitrogens is 1. The fraction of sp³-hybridized carbons (Fsp3) is 0.390. The first-order valence-electron chi connectivity index (χ1n) is 17.5. The summed E-state index contributed by atoms with van der Waals surface area (Å²) in [4.78, 5) is 34.2. The normalized spacial score (nSPS) is 17.0. The molecule has 2 atom stereocenters. The quantitative estimate of drug-likeness (QED) is 0.106. The van der Waals surface area contributed by atoms with Gasteiger partial charge < -0.3 is 28.6 Å². The number of carboxylic acid groups (broad SMARTS) is 1. The van der Waals surface area contributed by atoms with Gasteiger partial charge in [-0.2, -0.15) is 0 Å². The minimum Gasteiger partial charge on any atom is -0.493 e. The van der Waals surface area contributed by atoms with E-state index in [1.54, 1.807) is 43.5 Å². The Morgan fingerprint density at radius 2 is 1.74 bits per heavy atom. The van der Waals surface area contributed by atoms with E-state index in [2.05, 4.69) is 52.7 Å². The summed E-state index contributed by atoms with van der Waals surface area (Å²) in [6, 6.07) is 20.3. The lowest BCUT2D eigenvalue weighted by Crippen LogP contribution is -2.48. The minimum atomic E-state index is -2.09. The van der Waals surface area contributed by atoms with Gasteiger partial charge in [0.1, 0.15) is 12.2 Å². The molecule has 0 spiro atoms. The number of para-hydroxylation sites is 1. The maximum Gasteiger partial charge on any atom is 0.337 e. The zero-order chi connectivity index (χ0) is 38.7. The van der Waals surface area contributed by atoms with Gasteiger partial charge in [-0.25, -0.2) is 9.78 Å². The number of rotatable bonds is 13. The summed E-state index contributed by atoms with van der Waals surface area (Å²) in [5, 5.41) is 11.2. The molecule has 0 fully saturated rings. The van der Waals surface area contributed by atoms with Crippen molar-refractivity contribution in [2.75, 3.05) is 32.3 Å². The number of carbonyl (C=O) groups excluding carboxylic acids is 1. The molecule has 1 amide bonds. The fourth-order valence-electron chi connectivity index (χ4n) is 5.94. The molecular formula is C41H49ClN2O7SSi. The van der Waals surface area contributed by atoms with Gasteiger partial charge in [0.15, 0.2) is 19.8 Å². The SMILES string of the molecule is COc1cccc([C@H]2O[C@H](Cc3ncc(/C(=C\c4ccccc4)C(=O)O)s3)C(=O)N(CC(C)(C)CO[Si](C)(C)C(C)(C)C)c3ccc(Cl)cc32)c1OC. The largest absolute Gasteiger partial charge is 0.493 e. The van der Waals surface area contributed by atoms with Gasteiger partial charge in [-0.3, -0.25) is 4.79 Å². The van der Waals surface area contributed by atoms with Crippen LogP contribution in [0, 0.1) is 5.41 Å². The number of ether oxygens (including phenoxy) is 3. The number of halogens is 1. The first-order chi connectivity index (χ1) is 24.9. The lowest BCUT2D eigenvalue weighted by atomic mass is 9.92. The van der Waals surface area contributed by atoms with Crippen LogP contribution in [0.5, 0.6) is 11.5 Å². The maximum atomic E-state index is 14.9. The zero-order valence-corrected chi connectivity index (χ0v) is 34.4. The van der Waals surface area contributed by atoms with E-state index in [0.717, 1.165) is 5.56 Å². The van der Waals surface area contributed by atoms with Crippen molar-refractivity contribution in [3.63, 3.8) is 0 Å². The first kappa shape index (κ1) is 40.2. The topological polar surface area (TPSA) is 107 Å². The zero-order valence-electron chi connectivity index (χ0n) is 31.9. The average molecular weight is 777 g/mol. The first-order valence-corrected chi connectivity index (χ1v) is 21.6. The molecule has 1 aromatic heterocycles. The summed E-state index contributed by atoms with van der Waals surface area (Å²) in [7, 11) is 1.05. The number of carboxylic acids is 1. The smallest absolute Gasteiger partial charge is 0.337 e. The average Bonchev–Trinajstić information content (AvgIpc) is 3.54. The van der Waals surface area contributed by atoms with Crippen molar-refractivity contribution < 1.29 is 33.3 Å². The van der Waals surface area contributed by atoms with Gasteiger partial charge in [0.2, 0.25) is 0 Å². The molecule has 1 N–H and O–H groups in total. The summed E-state index contributed by atoms with van der Waals surface area (Å²) >= 11 is 7.89. The standard InChI is InChI=1S/C41H49ClN2O7SSi/c1-40(2,3)53(8,9)50-25-41(4,5)24-44-31-19-18-27(42)21-29(31)36(28-16-13-17-32(48-6)37(28)49-7)51-33(38(44)45)22-35-43-23-34(52-35)30(39(46)47)20-26-14-11-10-12-15-26/h10-21,23,33,36H,22,24-25H2,1-9H3,(H,46,47)/b30-20+/t33-,36-/m1/s1. The van der Waals surface area contributed by atoms with Gasteiger partial charge in [-0.1, -0.05) is 88.7 Å². The highest BCUT2D eigenvalue weighted by atomic mass is 35.5. The number of benzene rings is 3. The van der Waals surface area contributed by atoms with E-state index in [1.165, 1.54) is 11.3 Å². The van der Waals surface area contributed by atoms with Crippen molar-refractivity contribution >= 4 is 60.5 Å². The van der Waals surface area contributed by atoms with Crippen LogP contribution in [0.2, 0.25) is 23.2 Å². The van der Waals surface area contributed by atoms with Gasteiger partial charge in [-0.05, 0) is 54.0 Å². The Kier molecular flexibility index (Phi) is 12.3. The third-order valence-corrected chi connectivity index (χ3v) is 15.6. The van der Waals surface area contributed by atoms with Gasteiger partial charge in [0.25, 0.3) is 5.91 Å². The molecule has 282 valence electrons. The molecule has 0 aliphatic carbocycles. The van der Waals surface area contributed by atoms with Crippen LogP contribution in [0.15, 0.2) is 72.9 Å². The predicted molar refractivity (Wildman–Crippen MR) is 215 cm³/mol. The summed E-state index contributed by atoms with van der Waals surface area (Å²) in [6.07, 6.45) is 1.47. The Bertz CT molecular complexity index is 1970. The molecule has 0 saturated carbocycles. The lowest BCUT2D eigenvalue weighted by Gasteiger charge is -2.40. The van der Waals surface area contributed by atoms with Crippen LogP contribution in [0.1, 0.15) is 67.3 Å². The van der Waals surface area contributed by atoms with Crippen molar-refractivity contribution in [3.8, 4) is 11.5 Å². The number of nitrogens with zero attached hydrogens (tertiary/aromatic N) is 2. The molecule has 0 saturated heterocycles. The van der Waals surface area contributed by atoms with Crippen LogP contribution in [-0.4, -0.2) is 63.8 Å². The molecule has 1 aliphatic rings. The molecule has 53 heavy (non-hydrogen) atoms. The third-order valence-electron chi connectivity index (χ3n) is 9.86. The number of aliphatic carboxylic acids is 1. The summed E-state index contributed by atoms with van der Waals surface area (Å²) < 4.78 is 25.1. The van der Waals surface area contributed by atoms with Crippen LogP contribution < -0.4 is 14.4 Å². The molecular weight excluding hydrogens is 728 g/mol. The van der Waals surface area contributed by atoms with Gasteiger partial charge in [-0.15, -0.1) is 11.3 Å². The molecule has 2 heterocycles. The minimum absolute atomic E-state index is 0.0240. The van der Waals surface area contributed by atoms with Crippen molar-refractivity contribution in [1.82, 2.24) is 4.98 Å². The number of methoxy groups -OCH3 is 2. The van der Waals surface area contributed by atoms with Crippen molar-refractivity contribution in [3.05, 3.63) is 105 Å². The maximum absolute atomic E-state index is 14.9. The number of thiazole rings is 1. The van der Waals surface area contributed by atoms with Crippen LogP contribution in [0.3, 0.4) is 0 Å². The number of anilines is 1. The molecule has 9 nitrogen and oxygen atoms in total. The molecule has 1 aliphatic heterocycles. The highest BCUT2D eigenvalue weighted by Gasteiger charge is 2.42. The van der Waals surface area contributed by atoms with Crippen LogP contribution >= 0.6 is 22.9 Å². The molecule has 0 unspecified atom stereocenters. The second-order valence-corrected chi connectivity index (χ2v) is 21.9. The number of hydrogen-bond donors (Lipinski definition) is 1. The Hall–Kier alpha value is -4.00. The van der Waals surface area contributed by atoms with Crippen LogP contribution in [0.25, 0.3) is 11.6 Å². The van der Waals surface area contributed by atoms with E-state index < -0.39 is 31.9 Å². The fourth-order valence-corrected chi connectivity index (χ4v) is 8.26. The highest BCUT2D eigenvalue weighted by molar-refractivity contribution is 7.13. The summed E-state index contributed by atoms with van der Waals surface area (Å²) in [6.45, 7) is 16.1. The van der Waals surface area contributed by atoms with Gasteiger partial charge in [0, 0.05) is 53.0 Å². The molecule has 12 heteroatoms. The van der Waals surface area contributed by atoms with Crippen LogP contribution in [-0.2, 0) is 25.2 Å². The number of amides is 1. The van der Waals surface area contributed by atoms with E-state index in [4.69, 9.17) is 30.2 Å². The van der Waals surface area contributed by atoms with E-state index >= 15 is 0 Å². The second kappa shape index (κ2) is 16.2. The van der Waals surface area contributed by atoms with E-state index in [0.29, 0.717) is 56.4 Å². The van der Waals surface area contributed by atoms with E-state index in [-0.39, 0.29) is 22.9 Å². The van der Waals surface area contributed by atoms with Crippen molar-refractivity contribution in [1.29, 1.82) is 0 Å². The third kappa shape index (κ3) is 9.21. The Morgan fingerprint density at radius 1 is 1.02 bits per heavy atom. The van der Waals surface area contributed by atoms with Gasteiger partial charge in [0.05, 0.1) is 29.7 Å². The number of carbonyl (C=O) groups is 2. The molecule has 0 bridgehead atoms. The van der Waals surface area contributed by atoms with Crippen LogP contribution in [0.4, 0.5) is 5.69 Å². The Labute approximate surface area is 322 Å². The lowest BCUT2D eigenvalue weighted by molar-refractivity contribution is -0.132. The molecule has 4 aromatic rings. The van der Waals surface area contributed by atoms with Crippen molar-refractivity contribution in [2.45, 2.75) is 71.4 Å². The molecule has 0 radical (unpaired) electrons. The predicted octanol–water partition coefficient (Wildman–Crippen LogP) is 9.55. The molecule has 3 aromatic carbocycles. The van der Waals surface area contributed by atoms with Crippen molar-refractivity contribution in [2.24, 2.45) is 5.41 Å². The number of fused-ring (bicyclic) bond motifs is 1.